The second-order valence-electron chi connectivity index (χ2n) is 7.95. The Bertz CT molecular complexity index is 1020. The van der Waals surface area contributed by atoms with Gasteiger partial charge in [0.1, 0.15) is 0 Å². The topological polar surface area (TPSA) is 180 Å². The summed E-state index contributed by atoms with van der Waals surface area (Å²) in [5, 5.41) is 10.5. The van der Waals surface area contributed by atoms with Crippen LogP contribution in [0.5, 0.6) is 0 Å². The number of anilines is 2. The Labute approximate surface area is 195 Å². The van der Waals surface area contributed by atoms with Crippen molar-refractivity contribution >= 4 is 24.0 Å². The van der Waals surface area contributed by atoms with Gasteiger partial charge in [0.15, 0.2) is 0 Å². The second-order valence-corrected chi connectivity index (χ2v) is 7.95. The molecule has 2 aromatic heterocycles. The lowest BCUT2D eigenvalue weighted by atomic mass is 10.3. The molecule has 0 radical (unpaired) electrons. The number of nitrogens with one attached hydrogen (secondary N) is 6. The second kappa shape index (κ2) is 11.9. The highest BCUT2D eigenvalue weighted by Gasteiger charge is 2.17. The molecule has 0 saturated carbocycles. The first kappa shape index (κ1) is 24.9. The molecule has 2 aromatic rings. The lowest BCUT2D eigenvalue weighted by Gasteiger charge is -2.34. The van der Waals surface area contributed by atoms with Crippen LogP contribution in [0, 0.1) is 13.8 Å². The molecule has 34 heavy (non-hydrogen) atoms. The molecule has 6 N–H and O–H groups in total. The Balaban J connectivity index is 1.27. The molecule has 0 spiro atoms. The summed E-state index contributed by atoms with van der Waals surface area (Å²) in [6, 6.07) is 1.84. The molecule has 0 aromatic carbocycles. The van der Waals surface area contributed by atoms with Crippen LogP contribution in [0.2, 0.25) is 0 Å². The van der Waals surface area contributed by atoms with E-state index >= 15 is 0 Å². The fraction of sp³-hybridized carbons (Fsp3) is 0.500. The summed E-state index contributed by atoms with van der Waals surface area (Å²) in [4.78, 5) is 64.2. The third-order valence-corrected chi connectivity index (χ3v) is 5.11. The van der Waals surface area contributed by atoms with E-state index in [9.17, 15) is 19.2 Å². The number of piperazine rings is 1. The van der Waals surface area contributed by atoms with Crippen LogP contribution >= 0.6 is 0 Å². The van der Waals surface area contributed by atoms with E-state index in [1.165, 1.54) is 12.1 Å². The number of nitrogens with zero attached hydrogens (tertiary/aromatic N) is 4. The van der Waals surface area contributed by atoms with Gasteiger partial charge in [-0.3, -0.25) is 30.0 Å². The molecule has 14 heteroatoms. The summed E-state index contributed by atoms with van der Waals surface area (Å²) in [6.07, 6.45) is 0. The van der Waals surface area contributed by atoms with Gasteiger partial charge in [-0.2, -0.15) is 9.97 Å². The monoisotopic (exact) mass is 474 g/mol. The average molecular weight is 475 g/mol. The molecule has 14 nitrogen and oxygen atoms in total. The predicted molar refractivity (Wildman–Crippen MR) is 126 cm³/mol. The molecule has 1 saturated heterocycles. The van der Waals surface area contributed by atoms with Crippen LogP contribution in [0.4, 0.5) is 21.5 Å². The Morgan fingerprint density at radius 1 is 0.794 bits per heavy atom. The van der Waals surface area contributed by atoms with Crippen LogP contribution in [-0.4, -0.2) is 94.2 Å². The van der Waals surface area contributed by atoms with Crippen LogP contribution in [-0.2, 0) is 0 Å². The number of aromatic nitrogens is 4. The van der Waals surface area contributed by atoms with Crippen molar-refractivity contribution in [3.8, 4) is 0 Å². The Morgan fingerprint density at radius 3 is 1.53 bits per heavy atom. The molecule has 3 heterocycles. The number of carbonyl (C=O) groups excluding carboxylic acids is 2. The molecule has 1 aliphatic heterocycles. The smallest absolute Gasteiger partial charge is 0.321 e. The van der Waals surface area contributed by atoms with Crippen LogP contribution < -0.4 is 32.4 Å². The highest BCUT2D eigenvalue weighted by Crippen LogP contribution is 2.01. The summed E-state index contributed by atoms with van der Waals surface area (Å²) in [5.74, 6) is 0.226. The number of aromatic amines is 2. The van der Waals surface area contributed by atoms with E-state index in [2.05, 4.69) is 51.0 Å². The van der Waals surface area contributed by atoms with Crippen molar-refractivity contribution in [2.24, 2.45) is 0 Å². The van der Waals surface area contributed by atoms with Gasteiger partial charge in [-0.05, 0) is 13.8 Å². The minimum atomic E-state index is -0.429. The maximum absolute atomic E-state index is 12.0. The summed E-state index contributed by atoms with van der Waals surface area (Å²) < 4.78 is 0. The molecule has 1 aliphatic rings. The van der Waals surface area contributed by atoms with E-state index in [0.717, 1.165) is 26.2 Å². The molecule has 0 aliphatic carbocycles. The van der Waals surface area contributed by atoms with Crippen molar-refractivity contribution in [2.45, 2.75) is 13.8 Å². The standard InChI is InChI=1S/C20H30N10O4/c1-13-11-15(31)25-17(23-13)27-19(33)21-3-5-29-7-9-30(10-8-29)6-4-22-20(34)28-18-24-14(2)12-16(32)26-18/h11-12H,3-10H2,1-2H3,(H3,21,23,25,27,31,33)(H3,22,24,26,28,32,34). The number of rotatable bonds is 8. The Morgan fingerprint density at radius 2 is 1.18 bits per heavy atom. The lowest BCUT2D eigenvalue weighted by Crippen LogP contribution is -2.50. The highest BCUT2D eigenvalue weighted by molar-refractivity contribution is 5.87. The van der Waals surface area contributed by atoms with Crippen molar-refractivity contribution in [1.82, 2.24) is 40.4 Å². The first-order valence-electron chi connectivity index (χ1n) is 11.0. The molecular weight excluding hydrogens is 444 g/mol. The lowest BCUT2D eigenvalue weighted by molar-refractivity contribution is 0.134. The maximum atomic E-state index is 12.0. The van der Waals surface area contributed by atoms with Gasteiger partial charge in [0.2, 0.25) is 11.9 Å². The number of amides is 4. The SMILES string of the molecule is Cc1cc(=O)nc(NC(=O)NCCN2CCN(CCNC(=O)Nc3nc(=O)cc(C)[nH]3)CC2)[nH]1. The number of hydrogen-bond acceptors (Lipinski definition) is 8. The number of carbonyl (C=O) groups is 2. The van der Waals surface area contributed by atoms with Crippen molar-refractivity contribution in [3.63, 3.8) is 0 Å². The van der Waals surface area contributed by atoms with Crippen LogP contribution in [0.25, 0.3) is 0 Å². The van der Waals surface area contributed by atoms with E-state index in [1.807, 2.05) is 0 Å². The molecule has 0 atom stereocenters. The number of hydrogen-bond donors (Lipinski definition) is 6. The van der Waals surface area contributed by atoms with E-state index in [-0.39, 0.29) is 11.9 Å². The largest absolute Gasteiger partial charge is 0.337 e. The summed E-state index contributed by atoms with van der Waals surface area (Å²) in [5.41, 5.74) is 0.395. The highest BCUT2D eigenvalue weighted by atomic mass is 16.2. The predicted octanol–water partition coefficient (Wildman–Crippen LogP) is -0.969. The van der Waals surface area contributed by atoms with Crippen molar-refractivity contribution < 1.29 is 9.59 Å². The molecule has 0 unspecified atom stereocenters. The Kier molecular flexibility index (Phi) is 8.70. The molecular formula is C20H30N10O4. The Hall–Kier alpha value is -3.78. The first-order chi connectivity index (χ1) is 16.3. The van der Waals surface area contributed by atoms with Crippen molar-refractivity contribution in [2.75, 3.05) is 63.0 Å². The fourth-order valence-corrected chi connectivity index (χ4v) is 3.47. The summed E-state index contributed by atoms with van der Waals surface area (Å²) in [7, 11) is 0. The third kappa shape index (κ3) is 8.29. The van der Waals surface area contributed by atoms with E-state index < -0.39 is 23.2 Å². The summed E-state index contributed by atoms with van der Waals surface area (Å²) in [6.45, 7) is 9.10. The maximum Gasteiger partial charge on any atom is 0.321 e. The van der Waals surface area contributed by atoms with E-state index in [4.69, 9.17) is 0 Å². The van der Waals surface area contributed by atoms with Gasteiger partial charge in [-0.1, -0.05) is 0 Å². The zero-order chi connectivity index (χ0) is 24.5. The molecule has 4 amide bonds. The number of aryl methyl sites for hydroxylation is 2. The van der Waals surface area contributed by atoms with Crippen LogP contribution in [0.1, 0.15) is 11.4 Å². The number of urea groups is 2. The van der Waals surface area contributed by atoms with Gasteiger partial charge >= 0.3 is 12.1 Å². The van der Waals surface area contributed by atoms with Gasteiger partial charge < -0.3 is 20.6 Å². The first-order valence-corrected chi connectivity index (χ1v) is 11.0. The van der Waals surface area contributed by atoms with Crippen LogP contribution in [0.15, 0.2) is 21.7 Å². The molecule has 3 rings (SSSR count). The van der Waals surface area contributed by atoms with Crippen LogP contribution in [0.3, 0.4) is 0 Å². The van der Waals surface area contributed by atoms with Crippen molar-refractivity contribution in [3.05, 3.63) is 44.2 Å². The molecule has 0 bridgehead atoms. The van der Waals surface area contributed by atoms with E-state index in [1.54, 1.807) is 13.8 Å². The van der Waals surface area contributed by atoms with Gasteiger partial charge in [0, 0.05) is 75.9 Å². The number of H-pyrrole nitrogens is 2. The van der Waals surface area contributed by atoms with Gasteiger partial charge in [-0.25, -0.2) is 9.59 Å². The zero-order valence-electron chi connectivity index (χ0n) is 19.2. The van der Waals surface area contributed by atoms with Crippen molar-refractivity contribution in [1.29, 1.82) is 0 Å². The minimum Gasteiger partial charge on any atom is -0.337 e. The fourth-order valence-electron chi connectivity index (χ4n) is 3.47. The third-order valence-electron chi connectivity index (χ3n) is 5.11. The quantitative estimate of drug-likeness (QED) is 0.283. The van der Waals surface area contributed by atoms with Gasteiger partial charge in [0.25, 0.3) is 11.1 Å². The van der Waals surface area contributed by atoms with Gasteiger partial charge in [-0.15, -0.1) is 0 Å². The summed E-state index contributed by atoms with van der Waals surface area (Å²) >= 11 is 0. The minimum absolute atomic E-state index is 0.113. The average Bonchev–Trinajstić information content (AvgIpc) is 2.73. The molecule has 184 valence electrons. The zero-order valence-corrected chi connectivity index (χ0v) is 19.2. The normalized spacial score (nSPS) is 14.4. The van der Waals surface area contributed by atoms with E-state index in [0.29, 0.717) is 37.6 Å². The molecule has 1 fully saturated rings. The van der Waals surface area contributed by atoms with Gasteiger partial charge in [0.05, 0.1) is 0 Å².